The largest absolute Gasteiger partial charge is 0.384 e. The monoisotopic (exact) mass is 233 g/mol. The van der Waals surface area contributed by atoms with E-state index >= 15 is 0 Å². The fourth-order valence-corrected chi connectivity index (χ4v) is 2.50. The maximum atomic E-state index is 7.60. The first-order valence-corrected chi connectivity index (χ1v) is 6.04. The highest BCUT2D eigenvalue weighted by molar-refractivity contribution is 5.99. The van der Waals surface area contributed by atoms with Crippen LogP contribution in [-0.4, -0.2) is 28.6 Å². The Morgan fingerprint density at radius 1 is 1.59 bits per heavy atom. The summed E-state index contributed by atoms with van der Waals surface area (Å²) < 4.78 is 0. The van der Waals surface area contributed by atoms with Crippen LogP contribution in [0.4, 0.5) is 5.82 Å². The van der Waals surface area contributed by atoms with Crippen molar-refractivity contribution in [3.63, 3.8) is 0 Å². The second kappa shape index (κ2) is 4.69. The molecule has 3 N–H and O–H groups in total. The molecular formula is C12H19N5. The van der Waals surface area contributed by atoms with E-state index in [1.807, 2.05) is 0 Å². The first kappa shape index (κ1) is 11.8. The van der Waals surface area contributed by atoms with E-state index in [9.17, 15) is 0 Å². The van der Waals surface area contributed by atoms with E-state index in [4.69, 9.17) is 11.1 Å². The van der Waals surface area contributed by atoms with Crippen LogP contribution in [0.15, 0.2) is 12.3 Å². The lowest BCUT2D eigenvalue weighted by Crippen LogP contribution is -2.35. The van der Waals surface area contributed by atoms with Gasteiger partial charge in [-0.2, -0.15) is 5.10 Å². The summed E-state index contributed by atoms with van der Waals surface area (Å²) >= 11 is 0. The fourth-order valence-electron chi connectivity index (χ4n) is 2.50. The lowest BCUT2D eigenvalue weighted by Gasteiger charge is -2.29. The number of nitrogens with one attached hydrogen (secondary N) is 1. The molecule has 1 aliphatic heterocycles. The minimum Gasteiger partial charge on any atom is -0.384 e. The number of nitrogens with two attached hydrogens (primary N) is 1. The molecule has 1 unspecified atom stereocenters. The van der Waals surface area contributed by atoms with Crippen molar-refractivity contribution >= 4 is 11.7 Å². The zero-order valence-electron chi connectivity index (χ0n) is 10.3. The number of amidine groups is 1. The highest BCUT2D eigenvalue weighted by Crippen LogP contribution is 2.29. The number of hydrogen-bond acceptors (Lipinski definition) is 4. The minimum atomic E-state index is 0.0595. The standard InChI is InChI=1S/C12H19N5/c1-8(2)10-4-3-7-17(10)12-9(11(13)14)5-6-15-16-12/h5-6,8,10H,3-4,7H2,1-2H3,(H3,13,14). The zero-order chi connectivity index (χ0) is 12.4. The summed E-state index contributed by atoms with van der Waals surface area (Å²) in [6, 6.07) is 2.24. The quantitative estimate of drug-likeness (QED) is 0.610. The molecule has 0 radical (unpaired) electrons. The van der Waals surface area contributed by atoms with Gasteiger partial charge in [-0.05, 0) is 24.8 Å². The van der Waals surface area contributed by atoms with Gasteiger partial charge in [0.05, 0.1) is 11.8 Å². The van der Waals surface area contributed by atoms with Gasteiger partial charge in [0, 0.05) is 12.6 Å². The second-order valence-corrected chi connectivity index (χ2v) is 4.83. The SMILES string of the molecule is CC(C)C1CCCN1c1nnccc1C(=N)N. The number of nitrogen functional groups attached to an aromatic ring is 1. The van der Waals surface area contributed by atoms with E-state index in [1.165, 1.54) is 6.42 Å². The molecule has 1 saturated heterocycles. The number of nitrogens with zero attached hydrogens (tertiary/aromatic N) is 3. The van der Waals surface area contributed by atoms with Crippen molar-refractivity contribution in [2.24, 2.45) is 11.7 Å². The van der Waals surface area contributed by atoms with Crippen molar-refractivity contribution in [3.05, 3.63) is 17.8 Å². The molecule has 1 aromatic heterocycles. The fraction of sp³-hybridized carbons (Fsp3) is 0.583. The highest BCUT2D eigenvalue weighted by Gasteiger charge is 2.30. The number of hydrogen-bond donors (Lipinski definition) is 2. The van der Waals surface area contributed by atoms with E-state index in [0.29, 0.717) is 17.5 Å². The summed E-state index contributed by atoms with van der Waals surface area (Å²) in [6.45, 7) is 5.40. The Hall–Kier alpha value is -1.65. The predicted molar refractivity (Wildman–Crippen MR) is 68.3 cm³/mol. The maximum Gasteiger partial charge on any atom is 0.162 e. The van der Waals surface area contributed by atoms with E-state index in [2.05, 4.69) is 28.9 Å². The summed E-state index contributed by atoms with van der Waals surface area (Å²) in [4.78, 5) is 2.24. The van der Waals surface area contributed by atoms with E-state index in [-0.39, 0.29) is 5.84 Å². The molecule has 1 aliphatic rings. The van der Waals surface area contributed by atoms with Crippen LogP contribution in [0.25, 0.3) is 0 Å². The van der Waals surface area contributed by atoms with E-state index in [1.54, 1.807) is 12.3 Å². The van der Waals surface area contributed by atoms with Crippen molar-refractivity contribution in [2.45, 2.75) is 32.7 Å². The lowest BCUT2D eigenvalue weighted by atomic mass is 10.0. The van der Waals surface area contributed by atoms with Crippen LogP contribution in [0.3, 0.4) is 0 Å². The van der Waals surface area contributed by atoms with Gasteiger partial charge in [0.2, 0.25) is 0 Å². The van der Waals surface area contributed by atoms with Gasteiger partial charge in [-0.25, -0.2) is 0 Å². The normalized spacial score (nSPS) is 19.9. The molecule has 0 aromatic carbocycles. The third-order valence-corrected chi connectivity index (χ3v) is 3.33. The van der Waals surface area contributed by atoms with Crippen LogP contribution in [0.2, 0.25) is 0 Å². The topological polar surface area (TPSA) is 78.9 Å². The second-order valence-electron chi connectivity index (χ2n) is 4.83. The highest BCUT2D eigenvalue weighted by atomic mass is 15.3. The third kappa shape index (κ3) is 2.23. The molecule has 92 valence electrons. The van der Waals surface area contributed by atoms with Gasteiger partial charge in [-0.15, -0.1) is 5.10 Å². The van der Waals surface area contributed by atoms with E-state index < -0.39 is 0 Å². The minimum absolute atomic E-state index is 0.0595. The van der Waals surface area contributed by atoms with Crippen LogP contribution in [0.1, 0.15) is 32.3 Å². The zero-order valence-corrected chi connectivity index (χ0v) is 10.3. The molecule has 1 atom stereocenters. The molecule has 0 spiro atoms. The van der Waals surface area contributed by atoms with Crippen molar-refractivity contribution in [1.82, 2.24) is 10.2 Å². The summed E-state index contributed by atoms with van der Waals surface area (Å²) in [5.41, 5.74) is 6.28. The van der Waals surface area contributed by atoms with Gasteiger partial charge in [0.1, 0.15) is 5.84 Å². The molecule has 0 bridgehead atoms. The Balaban J connectivity index is 2.36. The van der Waals surface area contributed by atoms with Crippen molar-refractivity contribution in [3.8, 4) is 0 Å². The Bertz CT molecular complexity index is 415. The first-order chi connectivity index (χ1) is 8.11. The van der Waals surface area contributed by atoms with Gasteiger partial charge in [-0.1, -0.05) is 13.8 Å². The predicted octanol–water partition coefficient (Wildman–Crippen LogP) is 1.39. The molecule has 1 aromatic rings. The number of rotatable bonds is 3. The summed E-state index contributed by atoms with van der Waals surface area (Å²) in [5, 5.41) is 15.7. The summed E-state index contributed by atoms with van der Waals surface area (Å²) in [6.07, 6.45) is 3.92. The molecule has 2 rings (SSSR count). The van der Waals surface area contributed by atoms with Crippen molar-refractivity contribution in [1.29, 1.82) is 5.41 Å². The Morgan fingerprint density at radius 3 is 3.00 bits per heavy atom. The summed E-state index contributed by atoms with van der Waals surface area (Å²) in [5.74, 6) is 1.39. The summed E-state index contributed by atoms with van der Waals surface area (Å²) in [7, 11) is 0. The average Bonchev–Trinajstić information content (AvgIpc) is 2.77. The molecule has 0 saturated carbocycles. The van der Waals surface area contributed by atoms with Gasteiger partial charge >= 0.3 is 0 Å². The van der Waals surface area contributed by atoms with Gasteiger partial charge in [-0.3, -0.25) is 5.41 Å². The molecule has 2 heterocycles. The van der Waals surface area contributed by atoms with Gasteiger partial charge in [0.15, 0.2) is 5.82 Å². The first-order valence-electron chi connectivity index (χ1n) is 6.04. The van der Waals surface area contributed by atoms with Gasteiger partial charge < -0.3 is 10.6 Å². The average molecular weight is 233 g/mol. The van der Waals surface area contributed by atoms with Crippen LogP contribution in [0.5, 0.6) is 0 Å². The van der Waals surface area contributed by atoms with Crippen LogP contribution >= 0.6 is 0 Å². The Morgan fingerprint density at radius 2 is 2.35 bits per heavy atom. The van der Waals surface area contributed by atoms with Crippen LogP contribution < -0.4 is 10.6 Å². The Kier molecular flexibility index (Phi) is 3.26. The maximum absolute atomic E-state index is 7.60. The van der Waals surface area contributed by atoms with Gasteiger partial charge in [0.25, 0.3) is 0 Å². The molecule has 0 amide bonds. The molecule has 0 aliphatic carbocycles. The molecule has 5 heteroatoms. The van der Waals surface area contributed by atoms with Crippen LogP contribution in [0, 0.1) is 11.3 Å². The molecular weight excluding hydrogens is 214 g/mol. The smallest absolute Gasteiger partial charge is 0.162 e. The Labute approximate surface area is 102 Å². The van der Waals surface area contributed by atoms with Crippen molar-refractivity contribution in [2.75, 3.05) is 11.4 Å². The van der Waals surface area contributed by atoms with E-state index in [0.717, 1.165) is 18.8 Å². The molecule has 1 fully saturated rings. The molecule has 17 heavy (non-hydrogen) atoms. The number of aromatic nitrogens is 2. The van der Waals surface area contributed by atoms with Crippen LogP contribution in [-0.2, 0) is 0 Å². The van der Waals surface area contributed by atoms with Crippen molar-refractivity contribution < 1.29 is 0 Å². The third-order valence-electron chi connectivity index (χ3n) is 3.33. The number of anilines is 1. The lowest BCUT2D eigenvalue weighted by molar-refractivity contribution is 0.488. The molecule has 5 nitrogen and oxygen atoms in total.